The summed E-state index contributed by atoms with van der Waals surface area (Å²) in [6, 6.07) is 0. The first-order chi connectivity index (χ1) is 44.8. The first-order valence-electron chi connectivity index (χ1n) is 33.3. The van der Waals surface area contributed by atoms with Crippen LogP contribution in [0.1, 0.15) is 120 Å². The van der Waals surface area contributed by atoms with Gasteiger partial charge in [0.25, 0.3) is 0 Å². The molecule has 0 amide bonds. The summed E-state index contributed by atoms with van der Waals surface area (Å²) in [4.78, 5) is 40.5. The van der Waals surface area contributed by atoms with E-state index in [4.69, 9.17) is 52.1 Å². The molecule has 4 saturated carbocycles. The maximum absolute atomic E-state index is 15.7. The van der Waals surface area contributed by atoms with E-state index in [2.05, 4.69) is 40.7 Å². The Morgan fingerprint density at radius 1 is 0.573 bits per heavy atom. The van der Waals surface area contributed by atoms with Gasteiger partial charge in [-0.1, -0.05) is 53.2 Å². The van der Waals surface area contributed by atoms with Crippen LogP contribution in [0.3, 0.4) is 0 Å². The standard InChI is InChI=1S/C64H102O32/c1-25-47(91-37(74)19-59(4,85)18-36(72)73)48(92-52-44(81)38(75)29(69)22-86-52)46(83)54(88-25)93-49-39(76)30(70)23-87-55(49)96-57(84)64-14-13-58(2,3)15-27(64)26-9-10-34-60(5)16-28(68)51(61(6,24-67)33(60)11-12-62(34,7)63(26,8)17-35(64)71)95-56-50(43(80)41(78)32(21-66)90-56)94-53-45(82)42(79)40(77)31(20-65)89-53/h9,25,27-35,38-56,65-71,75-83,85H,10-24H2,1-8H3,(H,72,73)/t25-,27-,28-,29+,30-,31+,32+,33?,34?,35+,38-,39-,40+,41+,42-,43-,44+,45+,46+,47-,48-,49+,50+,51-,52-,53-,54-,55-,56-,59?,60-,61-,62+,63+,64+/m0/s1. The molecule has 5 aliphatic carbocycles. The Morgan fingerprint density at radius 3 is 1.77 bits per heavy atom. The lowest BCUT2D eigenvalue weighted by molar-refractivity contribution is -0.384. The van der Waals surface area contributed by atoms with Crippen LogP contribution >= 0.6 is 0 Å². The second-order valence-electron chi connectivity index (χ2n) is 31.0. The van der Waals surface area contributed by atoms with Crippen LogP contribution in [-0.2, 0) is 66.5 Å². The molecule has 32 heteroatoms. The number of hydrogen-bond acceptors (Lipinski definition) is 31. The molecular weight excluding hydrogens is 1280 g/mol. The molecule has 10 aliphatic rings. The third-order valence-electron chi connectivity index (χ3n) is 24.1. The lowest BCUT2D eigenvalue weighted by Gasteiger charge is -2.72. The van der Waals surface area contributed by atoms with Crippen LogP contribution < -0.4 is 0 Å². The van der Waals surface area contributed by atoms with E-state index in [1.54, 1.807) is 6.92 Å². The third-order valence-corrected chi connectivity index (χ3v) is 24.1. The molecule has 0 aromatic rings. The second-order valence-corrected chi connectivity index (χ2v) is 31.0. The van der Waals surface area contributed by atoms with Crippen molar-refractivity contribution in [1.29, 1.82) is 0 Å². The highest BCUT2D eigenvalue weighted by atomic mass is 16.8. The molecule has 550 valence electrons. The van der Waals surface area contributed by atoms with Crippen LogP contribution in [0.2, 0.25) is 0 Å². The van der Waals surface area contributed by atoms with Gasteiger partial charge in [0.2, 0.25) is 6.29 Å². The number of aliphatic hydroxyl groups excluding tert-OH is 16. The van der Waals surface area contributed by atoms with Crippen LogP contribution in [-0.4, -0.2) is 308 Å². The third kappa shape index (κ3) is 13.3. The Hall–Kier alpha value is -2.89. The molecule has 96 heavy (non-hydrogen) atoms. The fourth-order valence-electron chi connectivity index (χ4n) is 18.6. The minimum Gasteiger partial charge on any atom is -0.481 e. The minimum atomic E-state index is -2.11. The van der Waals surface area contributed by atoms with Crippen molar-refractivity contribution in [3.8, 4) is 0 Å². The van der Waals surface area contributed by atoms with E-state index in [-0.39, 0.29) is 25.2 Å². The smallest absolute Gasteiger partial charge is 0.317 e. The van der Waals surface area contributed by atoms with Gasteiger partial charge in [0.1, 0.15) is 97.0 Å². The van der Waals surface area contributed by atoms with Gasteiger partial charge in [0, 0.05) is 5.41 Å². The largest absolute Gasteiger partial charge is 0.481 e. The number of carboxylic acids is 1. The summed E-state index contributed by atoms with van der Waals surface area (Å²) in [5, 5.41) is 199. The zero-order valence-corrected chi connectivity index (χ0v) is 55.2. The first-order valence-corrected chi connectivity index (χ1v) is 33.3. The lowest BCUT2D eigenvalue weighted by atomic mass is 9.33. The normalized spacial score (nSPS) is 51.6. The Labute approximate surface area is 554 Å². The predicted octanol–water partition coefficient (Wildman–Crippen LogP) is -4.82. The number of hydrogen-bond donors (Lipinski definition) is 18. The molecule has 0 radical (unpaired) electrons. The van der Waals surface area contributed by atoms with Crippen LogP contribution in [0.4, 0.5) is 0 Å². The summed E-state index contributed by atoms with van der Waals surface area (Å²) >= 11 is 0. The van der Waals surface area contributed by atoms with Crippen molar-refractivity contribution < 1.29 is 158 Å². The van der Waals surface area contributed by atoms with Crippen molar-refractivity contribution in [3.05, 3.63) is 11.6 Å². The average Bonchev–Trinajstić information content (AvgIpc) is 0.670. The molecule has 10 rings (SSSR count). The van der Waals surface area contributed by atoms with E-state index in [0.29, 0.717) is 32.1 Å². The van der Waals surface area contributed by atoms with E-state index in [0.717, 1.165) is 12.5 Å². The van der Waals surface area contributed by atoms with Gasteiger partial charge < -0.3 is 144 Å². The van der Waals surface area contributed by atoms with E-state index in [1.165, 1.54) is 6.92 Å². The van der Waals surface area contributed by atoms with Crippen molar-refractivity contribution in [2.75, 3.05) is 33.0 Å². The molecule has 5 saturated heterocycles. The van der Waals surface area contributed by atoms with Crippen LogP contribution in [0.25, 0.3) is 0 Å². The fraction of sp³-hybridized carbons (Fsp3) is 0.922. The summed E-state index contributed by atoms with van der Waals surface area (Å²) in [6.07, 6.45) is -42.2. The first kappa shape index (κ1) is 75.8. The van der Waals surface area contributed by atoms with Crippen molar-refractivity contribution in [3.63, 3.8) is 0 Å². The lowest BCUT2D eigenvalue weighted by Crippen LogP contribution is -2.71. The molecule has 0 bridgehead atoms. The number of rotatable bonds is 18. The molecule has 0 aromatic heterocycles. The van der Waals surface area contributed by atoms with Crippen LogP contribution in [0, 0.1) is 50.2 Å². The van der Waals surface area contributed by atoms with E-state index in [1.807, 2.05) is 0 Å². The number of carbonyl (C=O) groups is 3. The van der Waals surface area contributed by atoms with Gasteiger partial charge in [-0.25, -0.2) is 0 Å². The van der Waals surface area contributed by atoms with Crippen molar-refractivity contribution in [2.24, 2.45) is 50.2 Å². The average molecular weight is 1380 g/mol. The highest BCUT2D eigenvalue weighted by molar-refractivity contribution is 5.80. The van der Waals surface area contributed by atoms with Gasteiger partial charge in [-0.3, -0.25) is 14.4 Å². The van der Waals surface area contributed by atoms with Gasteiger partial charge in [0.15, 0.2) is 37.4 Å². The van der Waals surface area contributed by atoms with Crippen LogP contribution in [0.5, 0.6) is 0 Å². The zero-order chi connectivity index (χ0) is 70.6. The van der Waals surface area contributed by atoms with E-state index >= 15 is 4.79 Å². The number of aliphatic hydroxyl groups is 17. The number of carbonyl (C=O) groups excluding carboxylic acids is 2. The Kier molecular flexibility index (Phi) is 22.1. The van der Waals surface area contributed by atoms with E-state index < -0.39 is 273 Å². The number of allylic oxidation sites excluding steroid dienone is 2. The number of carboxylic acid groups (broad SMARTS) is 1. The quantitative estimate of drug-likeness (QED) is 0.0348. The number of esters is 2. The molecule has 18 N–H and O–H groups in total. The molecule has 5 aliphatic heterocycles. The Bertz CT molecular complexity index is 2780. The number of ether oxygens (including phenoxy) is 11. The predicted molar refractivity (Wildman–Crippen MR) is 318 cm³/mol. The van der Waals surface area contributed by atoms with Gasteiger partial charge in [-0.15, -0.1) is 0 Å². The molecular formula is C64H102O32. The highest BCUT2D eigenvalue weighted by Gasteiger charge is 2.73. The summed E-state index contributed by atoms with van der Waals surface area (Å²) in [6.45, 7) is 11.3. The van der Waals surface area contributed by atoms with Gasteiger partial charge >= 0.3 is 17.9 Å². The maximum Gasteiger partial charge on any atom is 0.317 e. The summed E-state index contributed by atoms with van der Waals surface area (Å²) in [5.41, 5.74) is -6.90. The molecule has 0 aromatic carbocycles. The molecule has 0 spiro atoms. The number of aliphatic carboxylic acids is 1. The molecule has 32 nitrogen and oxygen atoms in total. The molecule has 5 heterocycles. The van der Waals surface area contributed by atoms with Gasteiger partial charge in [-0.2, -0.15) is 0 Å². The maximum atomic E-state index is 15.7. The summed E-state index contributed by atoms with van der Waals surface area (Å²) in [7, 11) is 0. The summed E-state index contributed by atoms with van der Waals surface area (Å²) in [5.74, 6) is -4.90. The van der Waals surface area contributed by atoms with Gasteiger partial charge in [-0.05, 0) is 105 Å². The summed E-state index contributed by atoms with van der Waals surface area (Å²) < 4.78 is 65.7. The Balaban J connectivity index is 0.906. The minimum absolute atomic E-state index is 0.0334. The number of fused-ring (bicyclic) bond motifs is 7. The molecule has 9 fully saturated rings. The topological polar surface area (TPSA) is 517 Å². The highest BCUT2D eigenvalue weighted by Crippen LogP contribution is 2.76. The second kappa shape index (κ2) is 28.0. The molecule has 35 atom stereocenters. The molecule has 3 unspecified atom stereocenters. The fourth-order valence-corrected chi connectivity index (χ4v) is 18.6. The van der Waals surface area contributed by atoms with Crippen LogP contribution in [0.15, 0.2) is 11.6 Å². The SMILES string of the molecule is C[C@@H]1O[C@@H](O[C@H]2[C@H](OC(=O)[C@]34CCC(C)(C)C[C@H]3C3=CCC5[C@@]6(C)C[C@H](O)[C@H](O[C@@H]7O[C@H](CO)[C@@H](O)[C@H](O)[C@H]7O[C@@H]7O[C@H](CO)[C@@H](O)[C@H](O)[C@H]7O)[C@@](C)(CO)C6CC[C@@]5(C)[C@]3(C)C[C@H]4O)OC[C@H](O)[C@@H]2O)[C@H](O)[C@H](O[C@@H]2OC[C@@H](O)[C@H](O)[C@H]2O)[C@H]1OC(=O)CC(C)(O)CC(=O)O. The zero-order valence-electron chi connectivity index (χ0n) is 55.2. The van der Waals surface area contributed by atoms with Crippen molar-refractivity contribution in [2.45, 2.75) is 285 Å². The Morgan fingerprint density at radius 2 is 1.15 bits per heavy atom. The van der Waals surface area contributed by atoms with Gasteiger partial charge in [0.05, 0.1) is 75.9 Å². The monoisotopic (exact) mass is 1380 g/mol. The van der Waals surface area contributed by atoms with Crippen molar-refractivity contribution >= 4 is 17.9 Å². The van der Waals surface area contributed by atoms with Crippen molar-refractivity contribution in [1.82, 2.24) is 0 Å². The van der Waals surface area contributed by atoms with E-state index in [9.17, 15) is 102 Å².